The fourth-order valence-electron chi connectivity index (χ4n) is 3.05. The third-order valence-corrected chi connectivity index (χ3v) is 5.38. The van der Waals surface area contributed by atoms with Gasteiger partial charge in [0.2, 0.25) is 6.10 Å². The Morgan fingerprint density at radius 1 is 1.11 bits per heavy atom. The normalized spacial score (nSPS) is 17.8. The number of nitrogens with zero attached hydrogens (tertiary/aromatic N) is 1. The number of anilines is 1. The molecule has 0 aliphatic carbocycles. The lowest BCUT2D eigenvalue weighted by Gasteiger charge is -2.30. The van der Waals surface area contributed by atoms with Crippen LogP contribution in [0.4, 0.5) is 5.13 Å². The van der Waals surface area contributed by atoms with E-state index in [0.29, 0.717) is 16.6 Å². The number of thiazole rings is 1. The third kappa shape index (κ3) is 3.53. The molecule has 1 amide bonds. The van der Waals surface area contributed by atoms with Crippen LogP contribution in [0, 0.1) is 6.92 Å². The first kappa shape index (κ1) is 18.3. The summed E-state index contributed by atoms with van der Waals surface area (Å²) in [6, 6.07) is 15.0. The van der Waals surface area contributed by atoms with Gasteiger partial charge in [0.25, 0.3) is 5.91 Å². The maximum atomic E-state index is 12.8. The second kappa shape index (κ2) is 7.52. The highest BCUT2D eigenvalue weighted by Gasteiger charge is 2.34. The highest BCUT2D eigenvalue weighted by atomic mass is 32.1. The van der Waals surface area contributed by atoms with Crippen molar-refractivity contribution in [1.29, 1.82) is 0 Å². The largest absolute Gasteiger partial charge is 0.497 e. The molecular formula is C21H20N2O4S. The van der Waals surface area contributed by atoms with Gasteiger partial charge in [0.1, 0.15) is 11.9 Å². The van der Waals surface area contributed by atoms with E-state index in [0.717, 1.165) is 21.9 Å². The molecule has 7 heteroatoms. The molecule has 2 atom stereocenters. The predicted molar refractivity (Wildman–Crippen MR) is 108 cm³/mol. The lowest BCUT2D eigenvalue weighted by atomic mass is 10.1. The summed E-state index contributed by atoms with van der Waals surface area (Å²) < 4.78 is 16.9. The fourth-order valence-corrected chi connectivity index (χ4v) is 3.89. The van der Waals surface area contributed by atoms with Crippen LogP contribution in [0.2, 0.25) is 0 Å². The van der Waals surface area contributed by atoms with Gasteiger partial charge in [-0.25, -0.2) is 4.98 Å². The molecule has 2 heterocycles. The highest BCUT2D eigenvalue weighted by Crippen LogP contribution is 2.35. The molecule has 1 N–H and O–H groups in total. The van der Waals surface area contributed by atoms with Crippen LogP contribution < -0.4 is 19.5 Å². The van der Waals surface area contributed by atoms with Crippen LogP contribution in [0.3, 0.4) is 0 Å². The van der Waals surface area contributed by atoms with E-state index in [-0.39, 0.29) is 5.91 Å². The van der Waals surface area contributed by atoms with Crippen LogP contribution in [0.25, 0.3) is 11.3 Å². The molecule has 0 bridgehead atoms. The van der Waals surface area contributed by atoms with Crippen molar-refractivity contribution < 1.29 is 19.0 Å². The number of hydrogen-bond donors (Lipinski definition) is 1. The van der Waals surface area contributed by atoms with E-state index in [1.54, 1.807) is 13.2 Å². The van der Waals surface area contributed by atoms with Crippen molar-refractivity contribution in [3.63, 3.8) is 0 Å². The molecule has 2 unspecified atom stereocenters. The number of amides is 1. The minimum atomic E-state index is -0.747. The number of para-hydroxylation sites is 2. The minimum Gasteiger partial charge on any atom is -0.497 e. The van der Waals surface area contributed by atoms with Gasteiger partial charge < -0.3 is 14.2 Å². The molecule has 4 rings (SSSR count). The number of aromatic nitrogens is 1. The summed E-state index contributed by atoms with van der Waals surface area (Å²) in [4.78, 5) is 18.4. The molecule has 6 nitrogen and oxygen atoms in total. The molecule has 1 aliphatic rings. The zero-order valence-corrected chi connectivity index (χ0v) is 16.6. The summed E-state index contributed by atoms with van der Waals surface area (Å²) in [6.45, 7) is 3.79. The average Bonchev–Trinajstić information content (AvgIpc) is 3.07. The Kier molecular flexibility index (Phi) is 4.92. The van der Waals surface area contributed by atoms with Gasteiger partial charge in [0, 0.05) is 10.4 Å². The molecule has 144 valence electrons. The average molecular weight is 396 g/mol. The number of nitrogens with one attached hydrogen (secondary N) is 1. The van der Waals surface area contributed by atoms with Gasteiger partial charge in [-0.3, -0.25) is 10.1 Å². The van der Waals surface area contributed by atoms with Crippen LogP contribution in [-0.2, 0) is 4.79 Å². The predicted octanol–water partition coefficient (Wildman–Crippen LogP) is 4.29. The quantitative estimate of drug-likeness (QED) is 0.712. The number of fused-ring (bicyclic) bond motifs is 1. The zero-order valence-electron chi connectivity index (χ0n) is 15.8. The van der Waals surface area contributed by atoms with E-state index >= 15 is 0 Å². The standard InChI is InChI=1S/C21H20N2O4S/c1-12-19(27-17-7-5-4-6-16(17)26-12)20(24)23-21-22-18(13(2)28-21)14-8-10-15(25-3)11-9-14/h4-12,19H,1-3H3,(H,22,23,24). The lowest BCUT2D eigenvalue weighted by Crippen LogP contribution is -2.46. The number of methoxy groups -OCH3 is 1. The smallest absolute Gasteiger partial charge is 0.271 e. The molecule has 1 aliphatic heterocycles. The Morgan fingerprint density at radius 3 is 2.46 bits per heavy atom. The van der Waals surface area contributed by atoms with Gasteiger partial charge >= 0.3 is 0 Å². The molecule has 0 fully saturated rings. The number of ether oxygens (including phenoxy) is 3. The molecule has 0 saturated carbocycles. The number of benzene rings is 2. The summed E-state index contributed by atoms with van der Waals surface area (Å²) in [5.74, 6) is 1.71. The summed E-state index contributed by atoms with van der Waals surface area (Å²) in [6.07, 6.45) is -1.15. The molecule has 1 aromatic heterocycles. The van der Waals surface area contributed by atoms with Crippen molar-refractivity contribution in [3.8, 4) is 28.5 Å². The Labute approximate surface area is 167 Å². The first-order valence-electron chi connectivity index (χ1n) is 8.90. The number of hydrogen-bond acceptors (Lipinski definition) is 6. The van der Waals surface area contributed by atoms with E-state index in [1.807, 2.05) is 56.3 Å². The first-order valence-corrected chi connectivity index (χ1v) is 9.72. The molecule has 0 saturated heterocycles. The maximum absolute atomic E-state index is 12.8. The Morgan fingerprint density at radius 2 is 1.79 bits per heavy atom. The molecule has 0 radical (unpaired) electrons. The van der Waals surface area contributed by atoms with Gasteiger partial charge in [-0.1, -0.05) is 12.1 Å². The molecular weight excluding hydrogens is 376 g/mol. The second-order valence-electron chi connectivity index (χ2n) is 6.45. The van der Waals surface area contributed by atoms with E-state index < -0.39 is 12.2 Å². The number of aryl methyl sites for hydroxylation is 1. The summed E-state index contributed by atoms with van der Waals surface area (Å²) >= 11 is 1.43. The van der Waals surface area contributed by atoms with Crippen LogP contribution in [-0.4, -0.2) is 30.2 Å². The Balaban J connectivity index is 1.51. The van der Waals surface area contributed by atoms with Crippen molar-refractivity contribution in [2.75, 3.05) is 12.4 Å². The van der Waals surface area contributed by atoms with Crippen molar-refractivity contribution >= 4 is 22.4 Å². The number of carbonyl (C=O) groups is 1. The third-order valence-electron chi connectivity index (χ3n) is 4.49. The van der Waals surface area contributed by atoms with Crippen LogP contribution >= 0.6 is 11.3 Å². The molecule has 28 heavy (non-hydrogen) atoms. The lowest BCUT2D eigenvalue weighted by molar-refractivity contribution is -0.128. The molecule has 0 spiro atoms. The Hall–Kier alpha value is -3.06. The summed E-state index contributed by atoms with van der Waals surface area (Å²) in [7, 11) is 1.63. The fraction of sp³-hybridized carbons (Fsp3) is 0.238. The molecule has 3 aromatic rings. The number of carbonyl (C=O) groups excluding carboxylic acids is 1. The van der Waals surface area contributed by atoms with E-state index in [9.17, 15) is 4.79 Å². The van der Waals surface area contributed by atoms with Crippen molar-refractivity contribution in [2.24, 2.45) is 0 Å². The van der Waals surface area contributed by atoms with E-state index in [2.05, 4.69) is 10.3 Å². The van der Waals surface area contributed by atoms with Crippen molar-refractivity contribution in [2.45, 2.75) is 26.1 Å². The van der Waals surface area contributed by atoms with Gasteiger partial charge in [-0.2, -0.15) is 0 Å². The maximum Gasteiger partial charge on any atom is 0.271 e. The van der Waals surface area contributed by atoms with Gasteiger partial charge in [0.15, 0.2) is 16.6 Å². The molecule has 2 aromatic carbocycles. The monoisotopic (exact) mass is 396 g/mol. The van der Waals surface area contributed by atoms with E-state index in [4.69, 9.17) is 14.2 Å². The first-order chi connectivity index (χ1) is 13.5. The SMILES string of the molecule is COc1ccc(-c2nc(NC(=O)C3Oc4ccccc4OC3C)sc2C)cc1. The van der Waals surface area contributed by atoms with Gasteiger partial charge in [0.05, 0.1) is 12.8 Å². The van der Waals surface area contributed by atoms with Gasteiger partial charge in [-0.05, 0) is 50.2 Å². The van der Waals surface area contributed by atoms with Crippen LogP contribution in [0.5, 0.6) is 17.2 Å². The zero-order chi connectivity index (χ0) is 19.7. The van der Waals surface area contributed by atoms with Crippen molar-refractivity contribution in [3.05, 3.63) is 53.4 Å². The van der Waals surface area contributed by atoms with E-state index in [1.165, 1.54) is 11.3 Å². The Bertz CT molecular complexity index is 1000. The second-order valence-corrected chi connectivity index (χ2v) is 7.65. The number of rotatable bonds is 4. The minimum absolute atomic E-state index is 0.281. The summed E-state index contributed by atoms with van der Waals surface area (Å²) in [5, 5.41) is 3.40. The highest BCUT2D eigenvalue weighted by molar-refractivity contribution is 7.16. The topological polar surface area (TPSA) is 69.7 Å². The van der Waals surface area contributed by atoms with Crippen molar-refractivity contribution in [1.82, 2.24) is 4.98 Å². The van der Waals surface area contributed by atoms with Gasteiger partial charge in [-0.15, -0.1) is 11.3 Å². The van der Waals surface area contributed by atoms with Crippen LogP contribution in [0.1, 0.15) is 11.8 Å². The summed E-state index contributed by atoms with van der Waals surface area (Å²) in [5.41, 5.74) is 1.80. The van der Waals surface area contributed by atoms with Crippen LogP contribution in [0.15, 0.2) is 48.5 Å².